The standard InChI is InChI=1S/C19H26N6O3/c1-13(2)28-16-4-7-21-18(22-16)24-8-5-19(6-9-24)12-25-14(11-27-19)10-15(23-25)17(26)20-3/h4,7,10,13H,5-6,8-9,11-12H2,1-3H3,(H,20,26). The van der Waals surface area contributed by atoms with Crippen molar-refractivity contribution >= 4 is 11.9 Å². The summed E-state index contributed by atoms with van der Waals surface area (Å²) in [6.07, 6.45) is 3.50. The highest BCUT2D eigenvalue weighted by molar-refractivity contribution is 5.92. The highest BCUT2D eigenvalue weighted by Gasteiger charge is 2.40. The van der Waals surface area contributed by atoms with Crippen LogP contribution in [0.15, 0.2) is 18.3 Å². The number of anilines is 1. The fourth-order valence-electron chi connectivity index (χ4n) is 3.70. The summed E-state index contributed by atoms with van der Waals surface area (Å²) < 4.78 is 13.8. The van der Waals surface area contributed by atoms with Crippen LogP contribution >= 0.6 is 0 Å². The molecule has 28 heavy (non-hydrogen) atoms. The van der Waals surface area contributed by atoms with Crippen molar-refractivity contribution in [2.75, 3.05) is 25.0 Å². The minimum atomic E-state index is -0.262. The third kappa shape index (κ3) is 3.66. The summed E-state index contributed by atoms with van der Waals surface area (Å²) in [5, 5.41) is 7.07. The summed E-state index contributed by atoms with van der Waals surface area (Å²) in [6, 6.07) is 3.58. The number of hydrogen-bond donors (Lipinski definition) is 1. The number of aromatic nitrogens is 4. The predicted molar refractivity (Wildman–Crippen MR) is 102 cm³/mol. The van der Waals surface area contributed by atoms with Crippen molar-refractivity contribution in [2.45, 2.75) is 51.5 Å². The summed E-state index contributed by atoms with van der Waals surface area (Å²) in [6.45, 7) is 6.68. The van der Waals surface area contributed by atoms with Crippen LogP contribution < -0.4 is 15.0 Å². The number of nitrogens with zero attached hydrogens (tertiary/aromatic N) is 5. The fourth-order valence-corrected chi connectivity index (χ4v) is 3.70. The second kappa shape index (κ2) is 7.38. The van der Waals surface area contributed by atoms with Gasteiger partial charge in [0.1, 0.15) is 0 Å². The molecule has 0 unspecified atom stereocenters. The van der Waals surface area contributed by atoms with Crippen LogP contribution in [-0.2, 0) is 17.9 Å². The normalized spacial score (nSPS) is 18.2. The molecular weight excluding hydrogens is 360 g/mol. The monoisotopic (exact) mass is 386 g/mol. The lowest BCUT2D eigenvalue weighted by Crippen LogP contribution is -2.51. The van der Waals surface area contributed by atoms with Gasteiger partial charge in [0, 0.05) is 32.4 Å². The Hall–Kier alpha value is -2.68. The van der Waals surface area contributed by atoms with Gasteiger partial charge in [-0.15, -0.1) is 0 Å². The Morgan fingerprint density at radius 1 is 1.36 bits per heavy atom. The van der Waals surface area contributed by atoms with Gasteiger partial charge in [-0.3, -0.25) is 9.48 Å². The maximum absolute atomic E-state index is 11.8. The van der Waals surface area contributed by atoms with Crippen LogP contribution in [0.3, 0.4) is 0 Å². The van der Waals surface area contributed by atoms with Crippen molar-refractivity contribution in [3.8, 4) is 5.88 Å². The molecule has 1 fully saturated rings. The second-order valence-corrected chi connectivity index (χ2v) is 7.58. The molecule has 2 aliphatic heterocycles. The maximum Gasteiger partial charge on any atom is 0.271 e. The van der Waals surface area contributed by atoms with Gasteiger partial charge < -0.3 is 19.7 Å². The van der Waals surface area contributed by atoms with Gasteiger partial charge in [0.15, 0.2) is 5.69 Å². The van der Waals surface area contributed by atoms with Crippen LogP contribution in [0, 0.1) is 0 Å². The molecule has 0 atom stereocenters. The summed E-state index contributed by atoms with van der Waals surface area (Å²) in [5.74, 6) is 1.11. The molecular formula is C19H26N6O3. The Labute approximate surface area is 164 Å². The minimum Gasteiger partial charge on any atom is -0.475 e. The van der Waals surface area contributed by atoms with Crippen LogP contribution in [0.25, 0.3) is 0 Å². The molecule has 0 bridgehead atoms. The molecule has 0 radical (unpaired) electrons. The second-order valence-electron chi connectivity index (χ2n) is 7.58. The van der Waals surface area contributed by atoms with Gasteiger partial charge in [-0.2, -0.15) is 10.1 Å². The number of hydrogen-bond acceptors (Lipinski definition) is 7. The number of fused-ring (bicyclic) bond motifs is 1. The molecule has 1 amide bonds. The zero-order valence-electron chi connectivity index (χ0n) is 16.5. The maximum atomic E-state index is 11.8. The molecule has 1 N–H and O–H groups in total. The summed E-state index contributed by atoms with van der Waals surface area (Å²) >= 11 is 0. The number of amides is 1. The average molecular weight is 386 g/mol. The number of nitrogens with one attached hydrogen (secondary N) is 1. The van der Waals surface area contributed by atoms with E-state index in [9.17, 15) is 4.79 Å². The Bertz CT molecular complexity index is 857. The Morgan fingerprint density at radius 3 is 2.86 bits per heavy atom. The molecule has 4 heterocycles. The molecule has 1 saturated heterocycles. The third-order valence-corrected chi connectivity index (χ3v) is 5.22. The van der Waals surface area contributed by atoms with E-state index in [4.69, 9.17) is 9.47 Å². The first-order valence-corrected chi connectivity index (χ1v) is 9.65. The van der Waals surface area contributed by atoms with Crippen LogP contribution in [-0.4, -0.2) is 57.5 Å². The van der Waals surface area contributed by atoms with Crippen molar-refractivity contribution in [2.24, 2.45) is 0 Å². The fraction of sp³-hybridized carbons (Fsp3) is 0.579. The van der Waals surface area contributed by atoms with Gasteiger partial charge in [-0.05, 0) is 32.8 Å². The van der Waals surface area contributed by atoms with E-state index in [1.165, 1.54) is 0 Å². The SMILES string of the molecule is CNC(=O)c1cc2n(n1)CC1(CCN(c3nccc(OC(C)C)n3)CC1)OC2. The molecule has 0 saturated carbocycles. The molecule has 4 rings (SSSR count). The molecule has 150 valence electrons. The molecule has 9 heteroatoms. The van der Waals surface area contributed by atoms with Crippen molar-refractivity contribution in [3.05, 3.63) is 29.7 Å². The van der Waals surface area contributed by atoms with E-state index in [0.717, 1.165) is 31.6 Å². The number of ether oxygens (including phenoxy) is 2. The van der Waals surface area contributed by atoms with E-state index in [1.807, 2.05) is 18.5 Å². The lowest BCUT2D eigenvalue weighted by atomic mass is 9.90. The third-order valence-electron chi connectivity index (χ3n) is 5.22. The quantitative estimate of drug-likeness (QED) is 0.848. The van der Waals surface area contributed by atoms with Gasteiger partial charge in [-0.1, -0.05) is 0 Å². The van der Waals surface area contributed by atoms with Gasteiger partial charge in [-0.25, -0.2) is 4.98 Å². The summed E-state index contributed by atoms with van der Waals surface area (Å²) in [4.78, 5) is 22.9. The summed E-state index contributed by atoms with van der Waals surface area (Å²) in [7, 11) is 1.61. The minimum absolute atomic E-state index is 0.0750. The zero-order chi connectivity index (χ0) is 19.7. The van der Waals surface area contributed by atoms with E-state index < -0.39 is 0 Å². The first kappa shape index (κ1) is 18.7. The van der Waals surface area contributed by atoms with E-state index in [1.54, 1.807) is 25.4 Å². The average Bonchev–Trinajstić information content (AvgIpc) is 3.10. The largest absolute Gasteiger partial charge is 0.475 e. The van der Waals surface area contributed by atoms with Gasteiger partial charge in [0.05, 0.1) is 30.6 Å². The van der Waals surface area contributed by atoms with E-state index in [2.05, 4.69) is 25.3 Å². The first-order chi connectivity index (χ1) is 13.5. The Morgan fingerprint density at radius 2 is 2.14 bits per heavy atom. The predicted octanol–water partition coefficient (Wildman–Crippen LogP) is 1.39. The zero-order valence-corrected chi connectivity index (χ0v) is 16.5. The lowest BCUT2D eigenvalue weighted by Gasteiger charge is -2.43. The number of rotatable bonds is 4. The molecule has 9 nitrogen and oxygen atoms in total. The topological polar surface area (TPSA) is 94.4 Å². The number of carbonyl (C=O) groups is 1. The molecule has 2 aromatic rings. The van der Waals surface area contributed by atoms with E-state index >= 15 is 0 Å². The number of piperidine rings is 1. The smallest absolute Gasteiger partial charge is 0.271 e. The van der Waals surface area contributed by atoms with Gasteiger partial charge in [0.25, 0.3) is 5.91 Å². The van der Waals surface area contributed by atoms with Crippen LogP contribution in [0.2, 0.25) is 0 Å². The first-order valence-electron chi connectivity index (χ1n) is 9.65. The molecule has 2 aliphatic rings. The highest BCUT2D eigenvalue weighted by Crippen LogP contribution is 2.34. The molecule has 2 aromatic heterocycles. The molecule has 0 aromatic carbocycles. The van der Waals surface area contributed by atoms with Crippen molar-refractivity contribution < 1.29 is 14.3 Å². The van der Waals surface area contributed by atoms with Crippen molar-refractivity contribution in [3.63, 3.8) is 0 Å². The van der Waals surface area contributed by atoms with E-state index in [0.29, 0.717) is 30.7 Å². The number of carbonyl (C=O) groups excluding carboxylic acids is 1. The molecule has 0 aliphatic carbocycles. The van der Waals surface area contributed by atoms with Crippen molar-refractivity contribution in [1.82, 2.24) is 25.1 Å². The van der Waals surface area contributed by atoms with Gasteiger partial charge >= 0.3 is 0 Å². The van der Waals surface area contributed by atoms with Gasteiger partial charge in [0.2, 0.25) is 11.8 Å². The Kier molecular flexibility index (Phi) is 4.92. The summed E-state index contributed by atoms with van der Waals surface area (Å²) in [5.41, 5.74) is 1.11. The van der Waals surface area contributed by atoms with Crippen LogP contribution in [0.4, 0.5) is 5.95 Å². The lowest BCUT2D eigenvalue weighted by molar-refractivity contribution is -0.106. The molecule has 1 spiro atoms. The highest BCUT2D eigenvalue weighted by atomic mass is 16.5. The van der Waals surface area contributed by atoms with Crippen LogP contribution in [0.1, 0.15) is 42.9 Å². The van der Waals surface area contributed by atoms with Crippen molar-refractivity contribution in [1.29, 1.82) is 0 Å². The Balaban J connectivity index is 1.43. The van der Waals surface area contributed by atoms with E-state index in [-0.39, 0.29) is 17.6 Å². The van der Waals surface area contributed by atoms with Crippen LogP contribution in [0.5, 0.6) is 5.88 Å².